The fourth-order valence-corrected chi connectivity index (χ4v) is 6.04. The molecule has 0 spiro atoms. The second-order valence-electron chi connectivity index (χ2n) is 10.1. The number of aromatic amines is 1. The van der Waals surface area contributed by atoms with Crippen molar-refractivity contribution in [2.45, 2.75) is 56.7 Å². The number of Topliss-reactive ketones (excluding diaryl/α,β-unsaturated/α-hetero) is 1. The minimum Gasteiger partial charge on any atom is -0.361 e. The molecular formula is C29H36N4O2. The molecule has 2 heterocycles. The van der Waals surface area contributed by atoms with E-state index in [4.69, 9.17) is 0 Å². The fraction of sp³-hybridized carbons (Fsp3) is 0.448. The van der Waals surface area contributed by atoms with E-state index in [0.29, 0.717) is 5.56 Å². The largest absolute Gasteiger partial charge is 0.361 e. The van der Waals surface area contributed by atoms with E-state index in [2.05, 4.69) is 20.5 Å². The van der Waals surface area contributed by atoms with Crippen molar-refractivity contribution in [1.82, 2.24) is 20.5 Å². The highest BCUT2D eigenvalue weighted by atomic mass is 16.2. The van der Waals surface area contributed by atoms with Gasteiger partial charge in [-0.25, -0.2) is 0 Å². The Morgan fingerprint density at radius 1 is 0.971 bits per heavy atom. The number of hydrogen-bond acceptors (Lipinski definition) is 4. The van der Waals surface area contributed by atoms with Crippen LogP contribution < -0.4 is 10.6 Å². The third-order valence-corrected chi connectivity index (χ3v) is 8.01. The van der Waals surface area contributed by atoms with Crippen molar-refractivity contribution in [3.05, 3.63) is 71.9 Å². The molecule has 6 heteroatoms. The molecule has 1 saturated heterocycles. The van der Waals surface area contributed by atoms with E-state index < -0.39 is 6.04 Å². The average molecular weight is 473 g/mol. The Bertz CT molecular complexity index is 1140. The molecule has 2 fully saturated rings. The molecular weight excluding hydrogens is 436 g/mol. The minimum absolute atomic E-state index is 0.0346. The molecule has 2 aromatic carbocycles. The highest BCUT2D eigenvalue weighted by Gasteiger charge is 2.37. The highest BCUT2D eigenvalue weighted by Crippen LogP contribution is 2.30. The summed E-state index contributed by atoms with van der Waals surface area (Å²) in [6.45, 7) is 2.11. The van der Waals surface area contributed by atoms with Gasteiger partial charge in [-0.2, -0.15) is 0 Å². The van der Waals surface area contributed by atoms with Crippen molar-refractivity contribution >= 4 is 22.6 Å². The van der Waals surface area contributed by atoms with E-state index in [1.54, 1.807) is 0 Å². The number of rotatable bonds is 8. The highest BCUT2D eigenvalue weighted by molar-refractivity contribution is 6.01. The Labute approximate surface area is 207 Å². The number of carbonyl (C=O) groups is 2. The lowest BCUT2D eigenvalue weighted by Gasteiger charge is -2.39. The lowest BCUT2D eigenvalue weighted by molar-refractivity contribution is -0.124. The van der Waals surface area contributed by atoms with Gasteiger partial charge in [-0.1, -0.05) is 49.2 Å². The van der Waals surface area contributed by atoms with E-state index in [-0.39, 0.29) is 23.7 Å². The van der Waals surface area contributed by atoms with E-state index in [1.807, 2.05) is 67.8 Å². The lowest BCUT2D eigenvalue weighted by atomic mass is 9.83. The number of likely N-dealkylation sites (tertiary alicyclic amines) is 1. The van der Waals surface area contributed by atoms with Crippen LogP contribution in [0.15, 0.2) is 60.8 Å². The first-order chi connectivity index (χ1) is 17.1. The van der Waals surface area contributed by atoms with Gasteiger partial charge in [0.25, 0.3) is 5.91 Å². The quantitative estimate of drug-likeness (QED) is 0.453. The van der Waals surface area contributed by atoms with Gasteiger partial charge in [-0.3, -0.25) is 9.59 Å². The monoisotopic (exact) mass is 472 g/mol. The van der Waals surface area contributed by atoms with Crippen molar-refractivity contribution in [3.8, 4) is 0 Å². The van der Waals surface area contributed by atoms with Crippen LogP contribution in [0.25, 0.3) is 10.9 Å². The van der Waals surface area contributed by atoms with Gasteiger partial charge in [0.05, 0.1) is 6.04 Å². The topological polar surface area (TPSA) is 77.2 Å². The van der Waals surface area contributed by atoms with E-state index in [0.717, 1.165) is 48.4 Å². The standard InChI is InChI=1S/C29H36N4O2/c1-30-26(22-14-17-33(18-15-22)24-9-5-6-10-24)28(34)27(21-7-3-2-4-8-21)32-29(35)23-12-11-20-13-16-31-25(20)19-23/h2-4,7-8,11-13,16,19,22,24,26-27,30-31H,5-6,9-10,14-15,17-18H2,1H3,(H,32,35)/t26?,27-/m1/s1. The molecule has 1 amide bonds. The van der Waals surface area contributed by atoms with Crippen LogP contribution in [0, 0.1) is 5.92 Å². The summed E-state index contributed by atoms with van der Waals surface area (Å²) in [5.41, 5.74) is 2.26. The maximum Gasteiger partial charge on any atom is 0.252 e. The van der Waals surface area contributed by atoms with Crippen LogP contribution in [0.4, 0.5) is 0 Å². The van der Waals surface area contributed by atoms with Gasteiger partial charge in [0.15, 0.2) is 5.78 Å². The third kappa shape index (κ3) is 5.19. The number of hydrogen-bond donors (Lipinski definition) is 3. The molecule has 1 unspecified atom stereocenters. The van der Waals surface area contributed by atoms with Gasteiger partial charge in [-0.15, -0.1) is 0 Å². The summed E-state index contributed by atoms with van der Waals surface area (Å²) in [6, 6.07) is 16.9. The Morgan fingerprint density at radius 2 is 1.71 bits per heavy atom. The zero-order valence-corrected chi connectivity index (χ0v) is 20.5. The Balaban J connectivity index is 1.33. The number of nitrogens with one attached hydrogen (secondary N) is 3. The SMILES string of the molecule is CNC(C(=O)[C@H](NC(=O)c1ccc2cc[nH]c2c1)c1ccccc1)C1CCN(C2CCCC2)CC1. The number of amides is 1. The molecule has 0 radical (unpaired) electrons. The lowest BCUT2D eigenvalue weighted by Crippen LogP contribution is -2.51. The molecule has 1 aliphatic carbocycles. The summed E-state index contributed by atoms with van der Waals surface area (Å²) in [5.74, 6) is 0.0606. The molecule has 3 aromatic rings. The predicted molar refractivity (Wildman–Crippen MR) is 139 cm³/mol. The number of H-pyrrole nitrogens is 1. The summed E-state index contributed by atoms with van der Waals surface area (Å²) >= 11 is 0. The molecule has 0 bridgehead atoms. The normalized spacial score (nSPS) is 19.6. The molecule has 184 valence electrons. The van der Waals surface area contributed by atoms with Crippen LogP contribution in [-0.2, 0) is 4.79 Å². The Hall–Kier alpha value is -2.96. The van der Waals surface area contributed by atoms with Gasteiger partial charge in [0.1, 0.15) is 6.04 Å². The van der Waals surface area contributed by atoms with Gasteiger partial charge in [-0.05, 0) is 80.9 Å². The van der Waals surface area contributed by atoms with Crippen molar-refractivity contribution < 1.29 is 9.59 Å². The molecule has 6 nitrogen and oxygen atoms in total. The van der Waals surface area contributed by atoms with Gasteiger partial charge < -0.3 is 20.5 Å². The first-order valence-corrected chi connectivity index (χ1v) is 13.0. The predicted octanol–water partition coefficient (Wildman–Crippen LogP) is 4.45. The number of piperidine rings is 1. The van der Waals surface area contributed by atoms with Gasteiger partial charge in [0.2, 0.25) is 0 Å². The Kier molecular flexibility index (Phi) is 7.30. The summed E-state index contributed by atoms with van der Waals surface area (Å²) in [7, 11) is 1.87. The zero-order chi connectivity index (χ0) is 24.2. The molecule has 1 aromatic heterocycles. The van der Waals surface area contributed by atoms with Crippen LogP contribution in [0.1, 0.15) is 60.5 Å². The summed E-state index contributed by atoms with van der Waals surface area (Å²) in [6.07, 6.45) is 9.19. The smallest absolute Gasteiger partial charge is 0.252 e. The summed E-state index contributed by atoms with van der Waals surface area (Å²) < 4.78 is 0. The first-order valence-electron chi connectivity index (χ1n) is 13.0. The second-order valence-corrected chi connectivity index (χ2v) is 10.1. The third-order valence-electron chi connectivity index (χ3n) is 8.01. The number of benzene rings is 2. The zero-order valence-electron chi connectivity index (χ0n) is 20.5. The first kappa shape index (κ1) is 23.8. The van der Waals surface area contributed by atoms with Crippen LogP contribution >= 0.6 is 0 Å². The van der Waals surface area contributed by atoms with Crippen LogP contribution in [0.2, 0.25) is 0 Å². The summed E-state index contributed by atoms with van der Waals surface area (Å²) in [5, 5.41) is 7.43. The summed E-state index contributed by atoms with van der Waals surface area (Å²) in [4.78, 5) is 33.0. The van der Waals surface area contributed by atoms with Crippen molar-refractivity contribution in [3.63, 3.8) is 0 Å². The van der Waals surface area contributed by atoms with Crippen LogP contribution in [0.3, 0.4) is 0 Å². The number of nitrogens with zero attached hydrogens (tertiary/aromatic N) is 1. The maximum atomic E-state index is 14.0. The van der Waals surface area contributed by atoms with E-state index in [1.165, 1.54) is 25.7 Å². The average Bonchev–Trinajstić information content (AvgIpc) is 3.60. The fourth-order valence-electron chi connectivity index (χ4n) is 6.04. The number of ketones is 1. The Morgan fingerprint density at radius 3 is 2.43 bits per heavy atom. The molecule has 1 saturated carbocycles. The van der Waals surface area contributed by atoms with Crippen molar-refractivity contribution in [2.24, 2.45) is 5.92 Å². The van der Waals surface area contributed by atoms with E-state index >= 15 is 0 Å². The number of carbonyl (C=O) groups excluding carboxylic acids is 2. The number of likely N-dealkylation sites (N-methyl/N-ethyl adjacent to an activating group) is 1. The number of aromatic nitrogens is 1. The van der Waals surface area contributed by atoms with Crippen molar-refractivity contribution in [1.29, 1.82) is 0 Å². The van der Waals surface area contributed by atoms with Gasteiger partial charge >= 0.3 is 0 Å². The van der Waals surface area contributed by atoms with Crippen molar-refractivity contribution in [2.75, 3.05) is 20.1 Å². The van der Waals surface area contributed by atoms with Crippen LogP contribution in [0.5, 0.6) is 0 Å². The van der Waals surface area contributed by atoms with Crippen LogP contribution in [-0.4, -0.2) is 53.8 Å². The molecule has 3 N–H and O–H groups in total. The molecule has 35 heavy (non-hydrogen) atoms. The van der Waals surface area contributed by atoms with E-state index in [9.17, 15) is 9.59 Å². The maximum absolute atomic E-state index is 14.0. The van der Waals surface area contributed by atoms with Gasteiger partial charge in [0, 0.05) is 23.3 Å². The number of fused-ring (bicyclic) bond motifs is 1. The molecule has 2 aliphatic rings. The molecule has 2 atom stereocenters. The minimum atomic E-state index is -0.701. The molecule has 1 aliphatic heterocycles. The second kappa shape index (κ2) is 10.8. The molecule has 5 rings (SSSR count).